The summed E-state index contributed by atoms with van der Waals surface area (Å²) in [7, 11) is 0. The minimum Gasteiger partial charge on any atom is -0.465 e. The molecule has 1 aromatic heterocycles. The lowest BCUT2D eigenvalue weighted by atomic mass is 10.1. The number of amides is 1. The number of hydrogen-bond acceptors (Lipinski definition) is 3. The maximum absolute atomic E-state index is 12.6. The molecule has 2 heterocycles. The van der Waals surface area contributed by atoms with Crippen LogP contribution in [0, 0.1) is 0 Å². The minimum atomic E-state index is -4.58. The summed E-state index contributed by atoms with van der Waals surface area (Å²) >= 11 is 5.54. The van der Waals surface area contributed by atoms with Crippen molar-refractivity contribution in [2.24, 2.45) is 0 Å². The number of halogens is 4. The van der Waals surface area contributed by atoms with E-state index >= 15 is 0 Å². The Hall–Kier alpha value is -1.54. The second-order valence-corrected chi connectivity index (χ2v) is 4.63. The number of piperazine rings is 1. The zero-order valence-corrected chi connectivity index (χ0v) is 10.9. The Balaban J connectivity index is 2.33. The smallest absolute Gasteiger partial charge is 0.419 e. The molecule has 1 aromatic rings. The molecule has 2 rings (SSSR count). The molecule has 1 aliphatic rings. The minimum absolute atomic E-state index is 0.192. The fourth-order valence-corrected chi connectivity index (χ4v) is 2.31. The van der Waals surface area contributed by atoms with Gasteiger partial charge in [-0.1, -0.05) is 11.6 Å². The van der Waals surface area contributed by atoms with Crippen LogP contribution < -0.4 is 5.32 Å². The number of carbonyl (C=O) groups is 1. The highest BCUT2D eigenvalue weighted by molar-refractivity contribution is 6.30. The molecule has 1 atom stereocenters. The van der Waals surface area contributed by atoms with E-state index in [1.807, 2.05) is 0 Å². The third-order valence-electron chi connectivity index (χ3n) is 3.01. The molecule has 1 aliphatic heterocycles. The third-order valence-corrected chi connectivity index (χ3v) is 3.29. The number of carboxylic acid groups (broad SMARTS) is 1. The van der Waals surface area contributed by atoms with Gasteiger partial charge >= 0.3 is 12.3 Å². The number of alkyl halides is 3. The van der Waals surface area contributed by atoms with Gasteiger partial charge in [-0.25, -0.2) is 9.78 Å². The molecule has 1 unspecified atom stereocenters. The van der Waals surface area contributed by atoms with Crippen LogP contribution in [-0.2, 0) is 6.18 Å². The topological polar surface area (TPSA) is 65.5 Å². The number of nitrogens with zero attached hydrogens (tertiary/aromatic N) is 2. The van der Waals surface area contributed by atoms with Crippen molar-refractivity contribution in [3.63, 3.8) is 0 Å². The van der Waals surface area contributed by atoms with Gasteiger partial charge in [0.1, 0.15) is 5.15 Å². The Morgan fingerprint density at radius 2 is 2.20 bits per heavy atom. The molecular formula is C11H11ClF3N3O2. The second kappa shape index (κ2) is 5.45. The van der Waals surface area contributed by atoms with Crippen LogP contribution in [0.15, 0.2) is 12.1 Å². The molecule has 20 heavy (non-hydrogen) atoms. The van der Waals surface area contributed by atoms with Gasteiger partial charge in [0.15, 0.2) is 0 Å². The van der Waals surface area contributed by atoms with Gasteiger partial charge in [-0.2, -0.15) is 13.2 Å². The van der Waals surface area contributed by atoms with E-state index in [2.05, 4.69) is 10.3 Å². The van der Waals surface area contributed by atoms with Crippen LogP contribution in [0.5, 0.6) is 0 Å². The predicted octanol–water partition coefficient (Wildman–Crippen LogP) is 2.38. The van der Waals surface area contributed by atoms with Gasteiger partial charge in [0.2, 0.25) is 0 Å². The summed E-state index contributed by atoms with van der Waals surface area (Å²) in [5.41, 5.74) is -0.842. The number of aromatic nitrogens is 1. The highest BCUT2D eigenvalue weighted by Gasteiger charge is 2.35. The average Bonchev–Trinajstić information content (AvgIpc) is 2.37. The molecular weight excluding hydrogens is 299 g/mol. The number of hydrogen-bond donors (Lipinski definition) is 2. The van der Waals surface area contributed by atoms with Crippen LogP contribution in [0.25, 0.3) is 0 Å². The molecule has 1 amide bonds. The molecule has 110 valence electrons. The van der Waals surface area contributed by atoms with E-state index in [4.69, 9.17) is 16.7 Å². The summed E-state index contributed by atoms with van der Waals surface area (Å²) in [6, 6.07) is 1.32. The molecule has 0 spiro atoms. The maximum Gasteiger partial charge on any atom is 0.419 e. The van der Waals surface area contributed by atoms with Gasteiger partial charge in [0.05, 0.1) is 17.3 Å². The van der Waals surface area contributed by atoms with Crippen molar-refractivity contribution >= 4 is 17.7 Å². The van der Waals surface area contributed by atoms with E-state index in [0.717, 1.165) is 17.0 Å². The first-order valence-electron chi connectivity index (χ1n) is 5.74. The SMILES string of the molecule is O=C(O)N1CCNCC1c1ccc(C(F)(F)F)c(Cl)n1. The third kappa shape index (κ3) is 2.96. The Morgan fingerprint density at radius 3 is 2.75 bits per heavy atom. The Morgan fingerprint density at radius 1 is 1.50 bits per heavy atom. The summed E-state index contributed by atoms with van der Waals surface area (Å²) in [5, 5.41) is 11.4. The quantitative estimate of drug-likeness (QED) is 0.782. The van der Waals surface area contributed by atoms with E-state index in [0.29, 0.717) is 6.54 Å². The van der Waals surface area contributed by atoms with Gasteiger partial charge in [-0.15, -0.1) is 0 Å². The molecule has 0 bridgehead atoms. The van der Waals surface area contributed by atoms with E-state index in [1.165, 1.54) is 0 Å². The van der Waals surface area contributed by atoms with E-state index in [1.54, 1.807) is 0 Å². The number of pyridine rings is 1. The first-order valence-corrected chi connectivity index (χ1v) is 6.12. The van der Waals surface area contributed by atoms with Gasteiger partial charge in [-0.3, -0.25) is 4.90 Å². The highest BCUT2D eigenvalue weighted by Crippen LogP contribution is 2.34. The van der Waals surface area contributed by atoms with Crippen molar-refractivity contribution in [3.8, 4) is 0 Å². The number of rotatable bonds is 1. The molecule has 0 saturated carbocycles. The zero-order valence-electron chi connectivity index (χ0n) is 10.1. The van der Waals surface area contributed by atoms with Crippen LogP contribution in [0.1, 0.15) is 17.3 Å². The van der Waals surface area contributed by atoms with E-state index in [9.17, 15) is 18.0 Å². The molecule has 0 aliphatic carbocycles. The van der Waals surface area contributed by atoms with Gasteiger partial charge in [-0.05, 0) is 12.1 Å². The summed E-state index contributed by atoms with van der Waals surface area (Å²) < 4.78 is 37.8. The first-order chi connectivity index (χ1) is 9.30. The fourth-order valence-electron chi connectivity index (χ4n) is 2.04. The molecule has 1 fully saturated rings. The Bertz CT molecular complexity index is 524. The van der Waals surface area contributed by atoms with Gasteiger partial charge < -0.3 is 10.4 Å². The van der Waals surface area contributed by atoms with Crippen molar-refractivity contribution in [2.45, 2.75) is 12.2 Å². The predicted molar refractivity (Wildman–Crippen MR) is 64.6 cm³/mol. The lowest BCUT2D eigenvalue weighted by Crippen LogP contribution is -2.48. The van der Waals surface area contributed by atoms with Crippen LogP contribution in [0.2, 0.25) is 5.15 Å². The monoisotopic (exact) mass is 309 g/mol. The standard InChI is InChI=1S/C11H11ClF3N3O2/c12-9-6(11(13,14)15)1-2-7(17-9)8-5-16-3-4-18(8)10(19)20/h1-2,8,16H,3-5H2,(H,19,20). The van der Waals surface area contributed by atoms with Crippen molar-refractivity contribution in [1.82, 2.24) is 15.2 Å². The van der Waals surface area contributed by atoms with Crippen molar-refractivity contribution in [3.05, 3.63) is 28.5 Å². The molecule has 2 N–H and O–H groups in total. The first kappa shape index (κ1) is 14.9. The molecule has 1 saturated heterocycles. The average molecular weight is 310 g/mol. The Kier molecular flexibility index (Phi) is 4.05. The highest BCUT2D eigenvalue weighted by atomic mass is 35.5. The summed E-state index contributed by atoms with van der Waals surface area (Å²) in [6.45, 7) is 0.998. The second-order valence-electron chi connectivity index (χ2n) is 4.27. The van der Waals surface area contributed by atoms with Crippen molar-refractivity contribution < 1.29 is 23.1 Å². The summed E-state index contributed by atoms with van der Waals surface area (Å²) in [4.78, 5) is 15.9. The molecule has 0 radical (unpaired) electrons. The number of nitrogens with one attached hydrogen (secondary N) is 1. The fraction of sp³-hybridized carbons (Fsp3) is 0.455. The van der Waals surface area contributed by atoms with Gasteiger partial charge in [0.25, 0.3) is 0 Å². The van der Waals surface area contributed by atoms with Crippen LogP contribution >= 0.6 is 11.6 Å². The van der Waals surface area contributed by atoms with Crippen molar-refractivity contribution in [1.29, 1.82) is 0 Å². The van der Waals surface area contributed by atoms with Crippen molar-refractivity contribution in [2.75, 3.05) is 19.6 Å². The zero-order chi connectivity index (χ0) is 14.9. The largest absolute Gasteiger partial charge is 0.465 e. The maximum atomic E-state index is 12.6. The normalized spacial score (nSPS) is 20.0. The van der Waals surface area contributed by atoms with E-state index in [-0.39, 0.29) is 18.8 Å². The molecule has 0 aromatic carbocycles. The van der Waals surface area contributed by atoms with Crippen LogP contribution in [-0.4, -0.2) is 40.7 Å². The van der Waals surface area contributed by atoms with Crippen LogP contribution in [0.3, 0.4) is 0 Å². The van der Waals surface area contributed by atoms with E-state index < -0.39 is 29.0 Å². The Labute approximate surface area is 117 Å². The lowest BCUT2D eigenvalue weighted by molar-refractivity contribution is -0.137. The van der Waals surface area contributed by atoms with Crippen LogP contribution in [0.4, 0.5) is 18.0 Å². The lowest BCUT2D eigenvalue weighted by Gasteiger charge is -2.33. The molecule has 9 heteroatoms. The summed E-state index contributed by atoms with van der Waals surface area (Å²) in [5.74, 6) is 0. The van der Waals surface area contributed by atoms with Gasteiger partial charge in [0, 0.05) is 19.6 Å². The molecule has 5 nitrogen and oxygen atoms in total. The summed E-state index contributed by atoms with van der Waals surface area (Å²) in [6.07, 6.45) is -5.73.